The molecule has 0 radical (unpaired) electrons. The van der Waals surface area contributed by atoms with Crippen LogP contribution in [-0.4, -0.2) is 0 Å². The van der Waals surface area contributed by atoms with Gasteiger partial charge in [0.25, 0.3) is 0 Å². The van der Waals surface area contributed by atoms with Crippen LogP contribution in [-0.2, 0) is 12.8 Å². The van der Waals surface area contributed by atoms with Crippen LogP contribution in [0.3, 0.4) is 0 Å². The van der Waals surface area contributed by atoms with Gasteiger partial charge in [-0.15, -0.1) is 0 Å². The van der Waals surface area contributed by atoms with Gasteiger partial charge < -0.3 is 0 Å². The van der Waals surface area contributed by atoms with E-state index in [2.05, 4.69) is 35.0 Å². The predicted octanol–water partition coefficient (Wildman–Crippen LogP) is 3.64. The Balaban J connectivity index is 2.54. The Morgan fingerprint density at radius 2 is 1.92 bits per heavy atom. The molecule has 12 heavy (non-hydrogen) atoms. The molecule has 0 nitrogen and oxygen atoms in total. The maximum absolute atomic E-state index is 3.57. The number of rotatable bonds is 0. The zero-order chi connectivity index (χ0) is 8.55. The number of hydrogen-bond acceptors (Lipinski definition) is 0. The quantitative estimate of drug-likeness (QED) is 0.632. The van der Waals surface area contributed by atoms with Crippen LogP contribution in [0.2, 0.25) is 0 Å². The van der Waals surface area contributed by atoms with Gasteiger partial charge in [-0.2, -0.15) is 0 Å². The molecule has 0 bridgehead atoms. The van der Waals surface area contributed by atoms with Crippen LogP contribution in [0, 0.1) is 6.92 Å². The average molecular weight is 225 g/mol. The van der Waals surface area contributed by atoms with Crippen molar-refractivity contribution in [2.45, 2.75) is 32.6 Å². The lowest BCUT2D eigenvalue weighted by atomic mass is 9.89. The summed E-state index contributed by atoms with van der Waals surface area (Å²) < 4.78 is 1.27. The zero-order valence-corrected chi connectivity index (χ0v) is 8.95. The molecule has 1 aliphatic rings. The van der Waals surface area contributed by atoms with Gasteiger partial charge in [-0.3, -0.25) is 0 Å². The minimum atomic E-state index is 1.27. The molecular formula is C11H13Br. The van der Waals surface area contributed by atoms with Crippen molar-refractivity contribution in [3.63, 3.8) is 0 Å². The normalized spacial score (nSPS) is 15.8. The van der Waals surface area contributed by atoms with Crippen molar-refractivity contribution < 1.29 is 0 Å². The number of hydrogen-bond donors (Lipinski definition) is 0. The molecule has 0 spiro atoms. The first kappa shape index (κ1) is 8.31. The predicted molar refractivity (Wildman–Crippen MR) is 55.5 cm³/mol. The average Bonchev–Trinajstić information content (AvgIpc) is 2.12. The van der Waals surface area contributed by atoms with E-state index >= 15 is 0 Å². The number of aryl methyl sites for hydroxylation is 1. The number of fused-ring (bicyclic) bond motifs is 1. The van der Waals surface area contributed by atoms with Gasteiger partial charge >= 0.3 is 0 Å². The molecule has 1 aromatic rings. The van der Waals surface area contributed by atoms with Crippen molar-refractivity contribution in [3.8, 4) is 0 Å². The fourth-order valence-electron chi connectivity index (χ4n) is 1.98. The topological polar surface area (TPSA) is 0 Å². The minimum Gasteiger partial charge on any atom is -0.0576 e. The summed E-state index contributed by atoms with van der Waals surface area (Å²) in [5.41, 5.74) is 4.62. The SMILES string of the molecule is Cc1c(Br)ccc2c1CCCC2. The second-order valence-electron chi connectivity index (χ2n) is 3.52. The molecule has 0 amide bonds. The van der Waals surface area contributed by atoms with Gasteiger partial charge in [0.1, 0.15) is 0 Å². The summed E-state index contributed by atoms with van der Waals surface area (Å²) in [6, 6.07) is 4.45. The Kier molecular flexibility index (Phi) is 2.22. The third kappa shape index (κ3) is 1.31. The maximum atomic E-state index is 3.57. The van der Waals surface area contributed by atoms with Gasteiger partial charge in [0, 0.05) is 4.47 Å². The fraction of sp³-hybridized carbons (Fsp3) is 0.455. The van der Waals surface area contributed by atoms with Crippen LogP contribution in [0.4, 0.5) is 0 Å². The maximum Gasteiger partial charge on any atom is 0.0207 e. The van der Waals surface area contributed by atoms with Crippen LogP contribution in [0.25, 0.3) is 0 Å². The fourth-order valence-corrected chi connectivity index (χ4v) is 2.36. The minimum absolute atomic E-state index is 1.27. The van der Waals surface area contributed by atoms with Crippen LogP contribution in [0.5, 0.6) is 0 Å². The van der Waals surface area contributed by atoms with E-state index in [-0.39, 0.29) is 0 Å². The summed E-state index contributed by atoms with van der Waals surface area (Å²) in [5.74, 6) is 0. The standard InChI is InChI=1S/C11H13Br/c1-8-10-5-3-2-4-9(10)6-7-11(8)12/h6-7H,2-5H2,1H3. The molecule has 0 aromatic heterocycles. The van der Waals surface area contributed by atoms with Crippen LogP contribution >= 0.6 is 15.9 Å². The highest BCUT2D eigenvalue weighted by atomic mass is 79.9. The van der Waals surface area contributed by atoms with Gasteiger partial charge in [-0.1, -0.05) is 22.0 Å². The Labute approximate surface area is 82.1 Å². The monoisotopic (exact) mass is 224 g/mol. The van der Waals surface area contributed by atoms with Crippen molar-refractivity contribution >= 4 is 15.9 Å². The Morgan fingerprint density at radius 1 is 1.17 bits per heavy atom. The van der Waals surface area contributed by atoms with Gasteiger partial charge in [0.2, 0.25) is 0 Å². The first-order valence-electron chi connectivity index (χ1n) is 4.56. The second kappa shape index (κ2) is 3.21. The first-order valence-corrected chi connectivity index (χ1v) is 5.35. The van der Waals surface area contributed by atoms with E-state index < -0.39 is 0 Å². The van der Waals surface area contributed by atoms with Crippen molar-refractivity contribution in [1.29, 1.82) is 0 Å². The van der Waals surface area contributed by atoms with Gasteiger partial charge in [0.15, 0.2) is 0 Å². The van der Waals surface area contributed by atoms with Gasteiger partial charge in [-0.25, -0.2) is 0 Å². The van der Waals surface area contributed by atoms with E-state index in [1.807, 2.05) is 0 Å². The Bertz CT molecular complexity index is 302. The zero-order valence-electron chi connectivity index (χ0n) is 7.36. The lowest BCUT2D eigenvalue weighted by Crippen LogP contribution is -2.04. The molecule has 0 heterocycles. The third-order valence-corrected chi connectivity index (χ3v) is 3.61. The molecular weight excluding hydrogens is 212 g/mol. The smallest absolute Gasteiger partial charge is 0.0207 e. The second-order valence-corrected chi connectivity index (χ2v) is 4.37. The van der Waals surface area contributed by atoms with Crippen LogP contribution in [0.1, 0.15) is 29.5 Å². The number of benzene rings is 1. The molecule has 0 aliphatic heterocycles. The summed E-state index contributed by atoms with van der Waals surface area (Å²) in [5, 5.41) is 0. The summed E-state index contributed by atoms with van der Waals surface area (Å²) in [7, 11) is 0. The van der Waals surface area contributed by atoms with Crippen LogP contribution < -0.4 is 0 Å². The van der Waals surface area contributed by atoms with Gasteiger partial charge in [-0.05, 0) is 55.4 Å². The first-order chi connectivity index (χ1) is 5.79. The van der Waals surface area contributed by atoms with E-state index in [9.17, 15) is 0 Å². The Morgan fingerprint density at radius 3 is 2.75 bits per heavy atom. The highest BCUT2D eigenvalue weighted by molar-refractivity contribution is 9.10. The largest absolute Gasteiger partial charge is 0.0576 e. The Hall–Kier alpha value is -0.300. The van der Waals surface area contributed by atoms with Gasteiger partial charge in [0.05, 0.1) is 0 Å². The molecule has 0 N–H and O–H groups in total. The lowest BCUT2D eigenvalue weighted by Gasteiger charge is -2.18. The highest BCUT2D eigenvalue weighted by Gasteiger charge is 2.12. The van der Waals surface area contributed by atoms with Crippen molar-refractivity contribution in [3.05, 3.63) is 33.3 Å². The van der Waals surface area contributed by atoms with E-state index in [1.54, 1.807) is 11.1 Å². The van der Waals surface area contributed by atoms with E-state index in [4.69, 9.17) is 0 Å². The summed E-state index contributed by atoms with van der Waals surface area (Å²) in [6.45, 7) is 2.22. The van der Waals surface area contributed by atoms with E-state index in [0.29, 0.717) is 0 Å². The number of halogens is 1. The summed E-state index contributed by atoms with van der Waals surface area (Å²) in [4.78, 5) is 0. The summed E-state index contributed by atoms with van der Waals surface area (Å²) in [6.07, 6.45) is 5.29. The van der Waals surface area contributed by atoms with Crippen molar-refractivity contribution in [1.82, 2.24) is 0 Å². The highest BCUT2D eigenvalue weighted by Crippen LogP contribution is 2.28. The molecule has 1 aliphatic carbocycles. The third-order valence-electron chi connectivity index (χ3n) is 2.75. The molecule has 0 saturated heterocycles. The van der Waals surface area contributed by atoms with Crippen molar-refractivity contribution in [2.24, 2.45) is 0 Å². The van der Waals surface area contributed by atoms with Crippen molar-refractivity contribution in [2.75, 3.05) is 0 Å². The molecule has 1 heteroatoms. The lowest BCUT2D eigenvalue weighted by molar-refractivity contribution is 0.681. The van der Waals surface area contributed by atoms with Crippen LogP contribution in [0.15, 0.2) is 16.6 Å². The van der Waals surface area contributed by atoms with E-state index in [0.717, 1.165) is 0 Å². The molecule has 2 rings (SSSR count). The molecule has 0 atom stereocenters. The molecule has 0 unspecified atom stereocenters. The molecule has 0 saturated carbocycles. The molecule has 64 valence electrons. The molecule has 1 aromatic carbocycles. The summed E-state index contributed by atoms with van der Waals surface area (Å²) >= 11 is 3.57. The molecule has 0 fully saturated rings. The van der Waals surface area contributed by atoms with E-state index in [1.165, 1.54) is 35.7 Å².